The van der Waals surface area contributed by atoms with Gasteiger partial charge in [-0.05, 0) is 12.1 Å². The average molecular weight is 304 g/mol. The fourth-order valence-electron chi connectivity index (χ4n) is 3.03. The molecule has 6 heteroatoms. The number of nitrogens with one attached hydrogen (secondary N) is 2. The number of fused-ring (bicyclic) bond motifs is 1. The standard InChI is InChI=1S/C16H21N3O3/c20-15(17-7-10-18-8-3-4-9-18)11-19-13-5-1-2-6-14(13)22-12-16(19)21/h1-2,5-6H,3-4,7-12H2,(H,17,20)/p+1. The van der Waals surface area contributed by atoms with Gasteiger partial charge in [0.25, 0.3) is 5.91 Å². The number of benzene rings is 1. The number of likely N-dealkylation sites (tertiary alicyclic amines) is 1. The van der Waals surface area contributed by atoms with Gasteiger partial charge in [-0.2, -0.15) is 0 Å². The molecule has 0 bridgehead atoms. The Hall–Kier alpha value is -2.08. The molecule has 6 nitrogen and oxygen atoms in total. The van der Waals surface area contributed by atoms with Gasteiger partial charge in [-0.3, -0.25) is 14.5 Å². The number of quaternary nitrogens is 1. The third-order valence-corrected chi connectivity index (χ3v) is 4.22. The van der Waals surface area contributed by atoms with Gasteiger partial charge in [0.2, 0.25) is 5.91 Å². The van der Waals surface area contributed by atoms with Crippen molar-refractivity contribution in [2.75, 3.05) is 44.2 Å². The lowest BCUT2D eigenvalue weighted by atomic mass is 10.2. The molecule has 0 spiro atoms. The Balaban J connectivity index is 1.53. The van der Waals surface area contributed by atoms with Gasteiger partial charge >= 0.3 is 0 Å². The summed E-state index contributed by atoms with van der Waals surface area (Å²) in [6.45, 7) is 4.06. The molecule has 2 amide bonds. The molecule has 1 aromatic rings. The zero-order chi connectivity index (χ0) is 15.4. The van der Waals surface area contributed by atoms with Crippen LogP contribution in [-0.2, 0) is 9.59 Å². The fraction of sp³-hybridized carbons (Fsp3) is 0.500. The SMILES string of the molecule is O=C(CN1C(=O)COc2ccccc21)NCC[NH+]1CCCC1. The predicted molar refractivity (Wildman–Crippen MR) is 82.1 cm³/mol. The Morgan fingerprint density at radius 3 is 2.86 bits per heavy atom. The van der Waals surface area contributed by atoms with Crippen LogP contribution in [0.25, 0.3) is 0 Å². The summed E-state index contributed by atoms with van der Waals surface area (Å²) in [5.74, 6) is 0.346. The molecule has 3 rings (SSSR count). The van der Waals surface area contributed by atoms with Gasteiger partial charge in [-0.25, -0.2) is 0 Å². The van der Waals surface area contributed by atoms with Gasteiger partial charge in [-0.1, -0.05) is 12.1 Å². The number of rotatable bonds is 5. The van der Waals surface area contributed by atoms with Crippen LogP contribution in [0.4, 0.5) is 5.69 Å². The Kier molecular flexibility index (Phi) is 4.58. The van der Waals surface area contributed by atoms with E-state index in [1.165, 1.54) is 30.8 Å². The molecule has 2 heterocycles. The molecule has 1 saturated heterocycles. The summed E-state index contributed by atoms with van der Waals surface area (Å²) in [4.78, 5) is 27.1. The molecule has 0 saturated carbocycles. The van der Waals surface area contributed by atoms with Crippen LogP contribution in [0.1, 0.15) is 12.8 Å². The van der Waals surface area contributed by atoms with E-state index in [9.17, 15) is 9.59 Å². The molecular weight excluding hydrogens is 282 g/mol. The topological polar surface area (TPSA) is 63.1 Å². The van der Waals surface area contributed by atoms with E-state index in [1.807, 2.05) is 18.2 Å². The first kappa shape index (κ1) is 14.8. The van der Waals surface area contributed by atoms with Crippen LogP contribution in [0.2, 0.25) is 0 Å². The Morgan fingerprint density at radius 1 is 1.27 bits per heavy atom. The third-order valence-electron chi connectivity index (χ3n) is 4.22. The highest BCUT2D eigenvalue weighted by Crippen LogP contribution is 2.30. The predicted octanol–water partition coefficient (Wildman–Crippen LogP) is -0.793. The Morgan fingerprint density at radius 2 is 2.05 bits per heavy atom. The number of carbonyl (C=O) groups is 2. The van der Waals surface area contributed by atoms with E-state index in [1.54, 1.807) is 11.0 Å². The quantitative estimate of drug-likeness (QED) is 0.749. The van der Waals surface area contributed by atoms with E-state index in [4.69, 9.17) is 4.74 Å². The van der Waals surface area contributed by atoms with Crippen molar-refractivity contribution in [1.82, 2.24) is 5.32 Å². The van der Waals surface area contributed by atoms with Crippen molar-refractivity contribution < 1.29 is 19.2 Å². The van der Waals surface area contributed by atoms with E-state index in [-0.39, 0.29) is 25.0 Å². The fourth-order valence-corrected chi connectivity index (χ4v) is 3.03. The van der Waals surface area contributed by atoms with E-state index in [2.05, 4.69) is 5.32 Å². The van der Waals surface area contributed by atoms with Crippen molar-refractivity contribution in [2.24, 2.45) is 0 Å². The van der Waals surface area contributed by atoms with Crippen molar-refractivity contribution in [3.8, 4) is 5.75 Å². The number of para-hydroxylation sites is 2. The Labute approximate surface area is 130 Å². The van der Waals surface area contributed by atoms with Gasteiger partial charge in [-0.15, -0.1) is 0 Å². The maximum atomic E-state index is 12.1. The van der Waals surface area contributed by atoms with Gasteiger partial charge in [0.05, 0.1) is 31.9 Å². The zero-order valence-corrected chi connectivity index (χ0v) is 12.6. The normalized spacial score (nSPS) is 18.0. The van der Waals surface area contributed by atoms with Crippen molar-refractivity contribution in [3.05, 3.63) is 24.3 Å². The second kappa shape index (κ2) is 6.79. The zero-order valence-electron chi connectivity index (χ0n) is 12.6. The summed E-state index contributed by atoms with van der Waals surface area (Å²) in [6.07, 6.45) is 2.56. The van der Waals surface area contributed by atoms with Crippen molar-refractivity contribution in [3.63, 3.8) is 0 Å². The molecule has 0 unspecified atom stereocenters. The molecule has 1 fully saturated rings. The van der Waals surface area contributed by atoms with Gasteiger partial charge < -0.3 is 15.0 Å². The van der Waals surface area contributed by atoms with Crippen molar-refractivity contribution in [1.29, 1.82) is 0 Å². The van der Waals surface area contributed by atoms with E-state index < -0.39 is 0 Å². The number of hydrogen-bond acceptors (Lipinski definition) is 3. The highest BCUT2D eigenvalue weighted by Gasteiger charge is 2.26. The molecule has 0 aromatic heterocycles. The highest BCUT2D eigenvalue weighted by molar-refractivity contribution is 6.02. The lowest BCUT2D eigenvalue weighted by Crippen LogP contribution is -3.10. The first-order chi connectivity index (χ1) is 10.7. The minimum absolute atomic E-state index is 0.0117. The smallest absolute Gasteiger partial charge is 0.265 e. The molecule has 22 heavy (non-hydrogen) atoms. The molecule has 118 valence electrons. The number of amides is 2. The molecule has 1 aromatic carbocycles. The summed E-state index contributed by atoms with van der Waals surface area (Å²) < 4.78 is 5.37. The molecular formula is C16H22N3O3+. The maximum absolute atomic E-state index is 12.1. The summed E-state index contributed by atoms with van der Waals surface area (Å²) in [7, 11) is 0. The van der Waals surface area contributed by atoms with Gasteiger partial charge in [0.15, 0.2) is 6.61 Å². The monoisotopic (exact) mass is 304 g/mol. The molecule has 2 aliphatic rings. The van der Waals surface area contributed by atoms with Crippen LogP contribution in [0.15, 0.2) is 24.3 Å². The minimum Gasteiger partial charge on any atom is -0.482 e. The highest BCUT2D eigenvalue weighted by atomic mass is 16.5. The molecule has 2 aliphatic heterocycles. The van der Waals surface area contributed by atoms with Gasteiger partial charge in [0, 0.05) is 12.8 Å². The number of hydrogen-bond donors (Lipinski definition) is 2. The van der Waals surface area contributed by atoms with E-state index in [0.29, 0.717) is 18.0 Å². The largest absolute Gasteiger partial charge is 0.482 e. The lowest BCUT2D eigenvalue weighted by molar-refractivity contribution is -0.886. The van der Waals surface area contributed by atoms with E-state index >= 15 is 0 Å². The average Bonchev–Trinajstić information content (AvgIpc) is 3.03. The summed E-state index contributed by atoms with van der Waals surface area (Å²) in [6, 6.07) is 7.30. The second-order valence-electron chi connectivity index (χ2n) is 5.79. The van der Waals surface area contributed by atoms with Crippen LogP contribution in [0.5, 0.6) is 5.75 Å². The summed E-state index contributed by atoms with van der Waals surface area (Å²) in [5.41, 5.74) is 0.666. The minimum atomic E-state index is -0.181. The summed E-state index contributed by atoms with van der Waals surface area (Å²) >= 11 is 0. The molecule has 2 N–H and O–H groups in total. The van der Waals surface area contributed by atoms with Crippen LogP contribution >= 0.6 is 0 Å². The number of nitrogens with zero attached hydrogens (tertiary/aromatic N) is 1. The number of ether oxygens (including phenoxy) is 1. The second-order valence-corrected chi connectivity index (χ2v) is 5.79. The first-order valence-corrected chi connectivity index (χ1v) is 7.86. The van der Waals surface area contributed by atoms with E-state index in [0.717, 1.165) is 6.54 Å². The van der Waals surface area contributed by atoms with Crippen molar-refractivity contribution >= 4 is 17.5 Å². The molecule has 0 atom stereocenters. The maximum Gasteiger partial charge on any atom is 0.265 e. The third kappa shape index (κ3) is 3.39. The summed E-state index contributed by atoms with van der Waals surface area (Å²) in [5, 5.41) is 2.91. The van der Waals surface area contributed by atoms with Crippen LogP contribution in [-0.4, -0.2) is 51.1 Å². The van der Waals surface area contributed by atoms with Crippen molar-refractivity contribution in [2.45, 2.75) is 12.8 Å². The van der Waals surface area contributed by atoms with Crippen LogP contribution in [0, 0.1) is 0 Å². The first-order valence-electron chi connectivity index (χ1n) is 7.86. The number of carbonyl (C=O) groups excluding carboxylic acids is 2. The molecule has 0 radical (unpaired) electrons. The molecule has 0 aliphatic carbocycles. The van der Waals surface area contributed by atoms with Crippen LogP contribution in [0.3, 0.4) is 0 Å². The Bertz CT molecular complexity index is 555. The van der Waals surface area contributed by atoms with Crippen LogP contribution < -0.4 is 19.9 Å². The lowest BCUT2D eigenvalue weighted by Gasteiger charge is -2.28. The van der Waals surface area contributed by atoms with Gasteiger partial charge in [0.1, 0.15) is 12.3 Å². The number of anilines is 1.